The topological polar surface area (TPSA) is 75.4 Å². The van der Waals surface area contributed by atoms with Crippen molar-refractivity contribution < 1.29 is 14.0 Å². The van der Waals surface area contributed by atoms with Crippen molar-refractivity contribution in [3.63, 3.8) is 0 Å². The molecule has 8 heteroatoms. The first-order chi connectivity index (χ1) is 15.9. The molecule has 2 aromatic heterocycles. The molecule has 0 fully saturated rings. The van der Waals surface area contributed by atoms with Crippen LogP contribution in [0.15, 0.2) is 77.4 Å². The van der Waals surface area contributed by atoms with Crippen LogP contribution in [0.2, 0.25) is 5.02 Å². The zero-order chi connectivity index (χ0) is 23.4. The summed E-state index contributed by atoms with van der Waals surface area (Å²) in [6.07, 6.45) is 1.55. The van der Waals surface area contributed by atoms with Gasteiger partial charge in [-0.25, -0.2) is 4.98 Å². The molecule has 0 saturated carbocycles. The number of nitrogens with one attached hydrogen (secondary N) is 1. The molecule has 6 nitrogen and oxygen atoms in total. The maximum absolute atomic E-state index is 13.9. The summed E-state index contributed by atoms with van der Waals surface area (Å²) >= 11 is 7.58. The maximum atomic E-state index is 13.9. The van der Waals surface area contributed by atoms with E-state index in [4.69, 9.17) is 16.0 Å². The molecule has 0 radical (unpaired) electrons. The van der Waals surface area contributed by atoms with E-state index >= 15 is 0 Å². The zero-order valence-electron chi connectivity index (χ0n) is 18.1. The van der Waals surface area contributed by atoms with E-state index in [1.165, 1.54) is 16.2 Å². The number of carbonyl (C=O) groups excluding carboxylic acids is 2. The Morgan fingerprint density at radius 1 is 1.09 bits per heavy atom. The molecule has 168 valence electrons. The molecule has 0 aliphatic heterocycles. The van der Waals surface area contributed by atoms with Crippen LogP contribution in [0.1, 0.15) is 37.7 Å². The van der Waals surface area contributed by atoms with E-state index in [2.05, 4.69) is 10.3 Å². The minimum atomic E-state index is -0.936. The lowest BCUT2D eigenvalue weighted by Crippen LogP contribution is -2.44. The molecule has 0 spiro atoms. The number of carbonyl (C=O) groups is 2. The normalized spacial score (nSPS) is 11.7. The highest BCUT2D eigenvalue weighted by atomic mass is 35.5. The Kier molecular flexibility index (Phi) is 6.91. The van der Waals surface area contributed by atoms with Crippen molar-refractivity contribution in [1.82, 2.24) is 10.3 Å². The minimum Gasteiger partial charge on any atom is -0.467 e. The van der Waals surface area contributed by atoms with Crippen LogP contribution in [-0.2, 0) is 11.3 Å². The van der Waals surface area contributed by atoms with Gasteiger partial charge < -0.3 is 9.73 Å². The van der Waals surface area contributed by atoms with Gasteiger partial charge in [0.05, 0.1) is 23.5 Å². The summed E-state index contributed by atoms with van der Waals surface area (Å²) in [5.41, 5.74) is 1.80. The Hall–Kier alpha value is -3.42. The highest BCUT2D eigenvalue weighted by Crippen LogP contribution is 2.33. The third-order valence-electron chi connectivity index (χ3n) is 5.04. The van der Waals surface area contributed by atoms with Gasteiger partial charge in [-0.05, 0) is 49.7 Å². The summed E-state index contributed by atoms with van der Waals surface area (Å²) in [5.74, 6) is -0.0445. The van der Waals surface area contributed by atoms with E-state index < -0.39 is 6.04 Å². The Labute approximate surface area is 200 Å². The second-order valence-electron chi connectivity index (χ2n) is 7.41. The summed E-state index contributed by atoms with van der Waals surface area (Å²) in [7, 11) is 0. The monoisotopic (exact) mass is 479 g/mol. The molecule has 2 aromatic carbocycles. The molecular formula is C25H22ClN3O3S. The van der Waals surface area contributed by atoms with Gasteiger partial charge in [0.15, 0.2) is 0 Å². The summed E-state index contributed by atoms with van der Waals surface area (Å²) < 4.78 is 5.35. The number of halogens is 1. The molecule has 4 rings (SSSR count). The van der Waals surface area contributed by atoms with Crippen LogP contribution in [0.25, 0.3) is 0 Å². The van der Waals surface area contributed by atoms with E-state index in [9.17, 15) is 9.59 Å². The van der Waals surface area contributed by atoms with Gasteiger partial charge in [0, 0.05) is 10.7 Å². The van der Waals surface area contributed by atoms with Crippen molar-refractivity contribution in [2.75, 3.05) is 4.90 Å². The van der Waals surface area contributed by atoms with E-state index in [1.54, 1.807) is 49.6 Å². The van der Waals surface area contributed by atoms with Crippen LogP contribution < -0.4 is 10.2 Å². The predicted molar refractivity (Wildman–Crippen MR) is 130 cm³/mol. The number of thiazole rings is 1. The second kappa shape index (κ2) is 10.0. The van der Waals surface area contributed by atoms with Crippen molar-refractivity contribution >= 4 is 40.4 Å². The molecule has 0 saturated heterocycles. The average Bonchev–Trinajstić information content (AvgIpc) is 3.45. The lowest BCUT2D eigenvalue weighted by molar-refractivity contribution is -0.122. The summed E-state index contributed by atoms with van der Waals surface area (Å²) in [6.45, 7) is 3.84. The summed E-state index contributed by atoms with van der Waals surface area (Å²) in [5, 5.41) is 4.14. The third-order valence-corrected chi connectivity index (χ3v) is 6.34. The van der Waals surface area contributed by atoms with Gasteiger partial charge >= 0.3 is 0 Å². The predicted octanol–water partition coefficient (Wildman–Crippen LogP) is 5.71. The van der Waals surface area contributed by atoms with Gasteiger partial charge in [-0.15, -0.1) is 11.3 Å². The standard InChI is InChI=1S/C25H22ClN3O3S/c1-16-23(33-17(2)28-16)25(31)29(20-11-6-10-19(26)14-20)22(18-8-4-3-5-9-18)24(30)27-15-21-12-7-13-32-21/h3-14,22H,15H2,1-2H3,(H,27,30)/t22-/m0/s1. The molecule has 1 atom stereocenters. The molecule has 2 heterocycles. The summed E-state index contributed by atoms with van der Waals surface area (Å²) in [4.78, 5) is 33.8. The van der Waals surface area contributed by atoms with E-state index in [-0.39, 0.29) is 18.4 Å². The van der Waals surface area contributed by atoms with Crippen LogP contribution in [-0.4, -0.2) is 16.8 Å². The number of aromatic nitrogens is 1. The third kappa shape index (κ3) is 5.16. The van der Waals surface area contributed by atoms with Crippen molar-refractivity contribution in [1.29, 1.82) is 0 Å². The van der Waals surface area contributed by atoms with Crippen LogP contribution in [0.3, 0.4) is 0 Å². The van der Waals surface area contributed by atoms with Crippen molar-refractivity contribution in [3.8, 4) is 0 Å². The highest BCUT2D eigenvalue weighted by molar-refractivity contribution is 7.13. The van der Waals surface area contributed by atoms with Gasteiger partial charge in [-0.1, -0.05) is 48.0 Å². The molecule has 0 aliphatic rings. The number of furan rings is 1. The van der Waals surface area contributed by atoms with Crippen molar-refractivity contribution in [3.05, 3.63) is 105 Å². The van der Waals surface area contributed by atoms with Crippen molar-refractivity contribution in [2.45, 2.75) is 26.4 Å². The van der Waals surface area contributed by atoms with Gasteiger partial charge in [0.25, 0.3) is 5.91 Å². The molecule has 1 N–H and O–H groups in total. The number of hydrogen-bond acceptors (Lipinski definition) is 5. The molecular weight excluding hydrogens is 458 g/mol. The number of aryl methyl sites for hydroxylation is 2. The lowest BCUT2D eigenvalue weighted by Gasteiger charge is -2.31. The van der Waals surface area contributed by atoms with Crippen LogP contribution in [0, 0.1) is 13.8 Å². The smallest absolute Gasteiger partial charge is 0.271 e. The highest BCUT2D eigenvalue weighted by Gasteiger charge is 2.35. The molecule has 0 aliphatic carbocycles. The maximum Gasteiger partial charge on any atom is 0.271 e. The SMILES string of the molecule is Cc1nc(C)c(C(=O)N(c2cccc(Cl)c2)[C@H](C(=O)NCc2ccco2)c2ccccc2)s1. The molecule has 4 aromatic rings. The number of rotatable bonds is 7. The number of amides is 2. The fourth-order valence-corrected chi connectivity index (χ4v) is 4.63. The minimum absolute atomic E-state index is 0.200. The average molecular weight is 480 g/mol. The zero-order valence-corrected chi connectivity index (χ0v) is 19.7. The molecule has 0 unspecified atom stereocenters. The van der Waals surface area contributed by atoms with E-state index in [1.807, 2.05) is 37.3 Å². The number of benzene rings is 2. The Balaban J connectivity index is 1.81. The van der Waals surface area contributed by atoms with Gasteiger partial charge in [-0.3, -0.25) is 14.5 Å². The Morgan fingerprint density at radius 2 is 1.88 bits per heavy atom. The molecule has 2 amide bonds. The van der Waals surface area contributed by atoms with Gasteiger partial charge in [-0.2, -0.15) is 0 Å². The first-order valence-corrected chi connectivity index (χ1v) is 11.5. The number of nitrogens with zero attached hydrogens (tertiary/aromatic N) is 2. The van der Waals surface area contributed by atoms with E-state index in [0.29, 0.717) is 32.6 Å². The Bertz CT molecular complexity index is 1260. The van der Waals surface area contributed by atoms with Crippen LogP contribution in [0.4, 0.5) is 5.69 Å². The van der Waals surface area contributed by atoms with Crippen LogP contribution in [0.5, 0.6) is 0 Å². The fraction of sp³-hybridized carbons (Fsp3) is 0.160. The summed E-state index contributed by atoms with van der Waals surface area (Å²) in [6, 6.07) is 18.7. The number of hydrogen-bond donors (Lipinski definition) is 1. The number of anilines is 1. The van der Waals surface area contributed by atoms with Gasteiger partial charge in [0.2, 0.25) is 5.91 Å². The van der Waals surface area contributed by atoms with E-state index in [0.717, 1.165) is 5.01 Å². The quantitative estimate of drug-likeness (QED) is 0.368. The largest absolute Gasteiger partial charge is 0.467 e. The van der Waals surface area contributed by atoms with Crippen molar-refractivity contribution in [2.24, 2.45) is 0 Å². The molecule has 0 bridgehead atoms. The second-order valence-corrected chi connectivity index (χ2v) is 9.05. The Morgan fingerprint density at radius 3 is 2.52 bits per heavy atom. The molecule has 33 heavy (non-hydrogen) atoms. The first kappa shape index (κ1) is 22.8. The van der Waals surface area contributed by atoms with Gasteiger partial charge in [0.1, 0.15) is 16.7 Å². The van der Waals surface area contributed by atoms with Crippen LogP contribution >= 0.6 is 22.9 Å². The lowest BCUT2D eigenvalue weighted by atomic mass is 10.0. The first-order valence-electron chi connectivity index (χ1n) is 10.3. The fourth-order valence-electron chi connectivity index (χ4n) is 3.59.